The minimum atomic E-state index is 0. The van der Waals surface area contributed by atoms with Crippen molar-refractivity contribution < 1.29 is 9.53 Å². The Bertz CT molecular complexity index is 307. The summed E-state index contributed by atoms with van der Waals surface area (Å²) in [6.45, 7) is 4.23. The second-order valence-corrected chi connectivity index (χ2v) is 4.95. The number of aliphatic imine (C=N–C) groups is 1. The SMILES string of the molecule is CCOCCNC(=NC)NCC(=O)NC1CCCCC1.I. The molecule has 0 unspecified atom stereocenters. The highest BCUT2D eigenvalue weighted by Crippen LogP contribution is 2.16. The lowest BCUT2D eigenvalue weighted by atomic mass is 9.95. The van der Waals surface area contributed by atoms with Gasteiger partial charge in [-0.05, 0) is 19.8 Å². The van der Waals surface area contributed by atoms with Gasteiger partial charge in [0.15, 0.2) is 5.96 Å². The molecule has 0 aromatic rings. The molecule has 0 aromatic carbocycles. The maximum Gasteiger partial charge on any atom is 0.239 e. The van der Waals surface area contributed by atoms with Crippen LogP contribution in [-0.2, 0) is 9.53 Å². The second-order valence-electron chi connectivity index (χ2n) is 4.95. The number of carbonyl (C=O) groups excluding carboxylic acids is 1. The number of nitrogens with one attached hydrogen (secondary N) is 3. The fourth-order valence-corrected chi connectivity index (χ4v) is 2.30. The van der Waals surface area contributed by atoms with E-state index in [2.05, 4.69) is 20.9 Å². The van der Waals surface area contributed by atoms with E-state index in [9.17, 15) is 4.79 Å². The van der Waals surface area contributed by atoms with Gasteiger partial charge >= 0.3 is 0 Å². The number of nitrogens with zero attached hydrogens (tertiary/aromatic N) is 1. The Hall–Kier alpha value is -0.570. The van der Waals surface area contributed by atoms with Crippen LogP contribution < -0.4 is 16.0 Å². The molecule has 1 aliphatic carbocycles. The van der Waals surface area contributed by atoms with E-state index < -0.39 is 0 Å². The van der Waals surface area contributed by atoms with Gasteiger partial charge in [-0.3, -0.25) is 9.79 Å². The van der Waals surface area contributed by atoms with E-state index in [-0.39, 0.29) is 36.4 Å². The third kappa shape index (κ3) is 9.89. The van der Waals surface area contributed by atoms with Crippen molar-refractivity contribution in [3.05, 3.63) is 0 Å². The summed E-state index contributed by atoms with van der Waals surface area (Å²) in [4.78, 5) is 15.9. The number of rotatable bonds is 7. The van der Waals surface area contributed by atoms with Crippen molar-refractivity contribution >= 4 is 35.8 Å². The van der Waals surface area contributed by atoms with Gasteiger partial charge in [0, 0.05) is 26.2 Å². The minimum Gasteiger partial charge on any atom is -0.380 e. The van der Waals surface area contributed by atoms with E-state index in [1.165, 1.54) is 19.3 Å². The van der Waals surface area contributed by atoms with Crippen molar-refractivity contribution in [2.45, 2.75) is 45.1 Å². The fourth-order valence-electron chi connectivity index (χ4n) is 2.30. The fraction of sp³-hybridized carbons (Fsp3) is 0.857. The zero-order valence-corrected chi connectivity index (χ0v) is 15.4. The third-order valence-electron chi connectivity index (χ3n) is 3.35. The molecule has 0 bridgehead atoms. The average molecular weight is 412 g/mol. The smallest absolute Gasteiger partial charge is 0.239 e. The van der Waals surface area contributed by atoms with E-state index in [4.69, 9.17) is 4.74 Å². The first-order chi connectivity index (χ1) is 9.76. The molecule has 1 aliphatic rings. The molecule has 0 aromatic heterocycles. The van der Waals surface area contributed by atoms with Gasteiger partial charge in [-0.15, -0.1) is 24.0 Å². The van der Waals surface area contributed by atoms with Crippen molar-refractivity contribution in [1.29, 1.82) is 0 Å². The van der Waals surface area contributed by atoms with E-state index in [0.717, 1.165) is 12.8 Å². The van der Waals surface area contributed by atoms with Crippen LogP contribution in [0.5, 0.6) is 0 Å². The quantitative estimate of drug-likeness (QED) is 0.255. The highest BCUT2D eigenvalue weighted by atomic mass is 127. The Morgan fingerprint density at radius 2 is 1.95 bits per heavy atom. The maximum atomic E-state index is 11.8. The number of amides is 1. The van der Waals surface area contributed by atoms with E-state index >= 15 is 0 Å². The van der Waals surface area contributed by atoms with Crippen LogP contribution >= 0.6 is 24.0 Å². The third-order valence-corrected chi connectivity index (χ3v) is 3.35. The number of guanidine groups is 1. The van der Waals surface area contributed by atoms with Gasteiger partial charge in [0.05, 0.1) is 13.2 Å². The highest BCUT2D eigenvalue weighted by Gasteiger charge is 2.15. The van der Waals surface area contributed by atoms with Crippen LogP contribution in [-0.4, -0.2) is 51.3 Å². The van der Waals surface area contributed by atoms with Crippen molar-refractivity contribution in [2.75, 3.05) is 33.4 Å². The van der Waals surface area contributed by atoms with Gasteiger partial charge in [-0.2, -0.15) is 0 Å². The Balaban J connectivity index is 0.00000400. The standard InChI is InChI=1S/C14H28N4O2.HI/c1-3-20-10-9-16-14(15-2)17-11-13(19)18-12-7-5-4-6-8-12;/h12H,3-11H2,1-2H3,(H,18,19)(H2,15,16,17);1H. The van der Waals surface area contributed by atoms with Crippen LogP contribution in [0.25, 0.3) is 0 Å². The molecule has 1 fully saturated rings. The molecule has 124 valence electrons. The van der Waals surface area contributed by atoms with Gasteiger partial charge < -0.3 is 20.7 Å². The monoisotopic (exact) mass is 412 g/mol. The molecule has 1 rings (SSSR count). The number of hydrogen-bond acceptors (Lipinski definition) is 3. The van der Waals surface area contributed by atoms with Crippen LogP contribution in [0.1, 0.15) is 39.0 Å². The largest absolute Gasteiger partial charge is 0.380 e. The van der Waals surface area contributed by atoms with Crippen molar-refractivity contribution in [1.82, 2.24) is 16.0 Å². The predicted octanol–water partition coefficient (Wildman–Crippen LogP) is 1.25. The van der Waals surface area contributed by atoms with Crippen LogP contribution in [0.15, 0.2) is 4.99 Å². The summed E-state index contributed by atoms with van der Waals surface area (Å²) in [7, 11) is 1.69. The summed E-state index contributed by atoms with van der Waals surface area (Å²) >= 11 is 0. The minimum absolute atomic E-state index is 0. The topological polar surface area (TPSA) is 74.8 Å². The Morgan fingerprint density at radius 3 is 2.57 bits per heavy atom. The zero-order valence-electron chi connectivity index (χ0n) is 13.1. The lowest BCUT2D eigenvalue weighted by Crippen LogP contribution is -2.46. The van der Waals surface area contributed by atoms with Crippen molar-refractivity contribution in [3.63, 3.8) is 0 Å². The first kappa shape index (κ1) is 20.4. The lowest BCUT2D eigenvalue weighted by molar-refractivity contribution is -0.120. The number of carbonyl (C=O) groups is 1. The summed E-state index contributed by atoms with van der Waals surface area (Å²) in [6.07, 6.45) is 5.94. The van der Waals surface area contributed by atoms with Crippen LogP contribution in [0.2, 0.25) is 0 Å². The molecule has 0 spiro atoms. The van der Waals surface area contributed by atoms with E-state index in [1.54, 1.807) is 7.05 Å². The second kappa shape index (κ2) is 13.1. The first-order valence-corrected chi connectivity index (χ1v) is 7.58. The molecule has 1 amide bonds. The molecule has 0 heterocycles. The zero-order chi connectivity index (χ0) is 14.6. The average Bonchev–Trinajstić information content (AvgIpc) is 2.47. The molecule has 7 heteroatoms. The molecule has 0 radical (unpaired) electrons. The number of halogens is 1. The molecule has 6 nitrogen and oxygen atoms in total. The van der Waals surface area contributed by atoms with Crippen LogP contribution in [0, 0.1) is 0 Å². The molecule has 3 N–H and O–H groups in total. The van der Waals surface area contributed by atoms with Crippen molar-refractivity contribution in [2.24, 2.45) is 4.99 Å². The van der Waals surface area contributed by atoms with E-state index in [1.807, 2.05) is 6.92 Å². The Labute approximate surface area is 144 Å². The van der Waals surface area contributed by atoms with Gasteiger partial charge in [-0.25, -0.2) is 0 Å². The predicted molar refractivity (Wildman–Crippen MR) is 96.3 cm³/mol. The number of hydrogen-bond donors (Lipinski definition) is 3. The van der Waals surface area contributed by atoms with Crippen molar-refractivity contribution in [3.8, 4) is 0 Å². The molecular formula is C14H29IN4O2. The Kier molecular flexibility index (Phi) is 12.8. The maximum absolute atomic E-state index is 11.8. The molecule has 0 atom stereocenters. The van der Waals surface area contributed by atoms with Gasteiger partial charge in [0.25, 0.3) is 0 Å². The number of ether oxygens (including phenoxy) is 1. The summed E-state index contributed by atoms with van der Waals surface area (Å²) in [5.41, 5.74) is 0. The summed E-state index contributed by atoms with van der Waals surface area (Å²) in [5.74, 6) is 0.660. The first-order valence-electron chi connectivity index (χ1n) is 7.58. The molecule has 0 aliphatic heterocycles. The van der Waals surface area contributed by atoms with E-state index in [0.29, 0.717) is 31.8 Å². The molecular weight excluding hydrogens is 383 g/mol. The molecule has 0 saturated heterocycles. The summed E-state index contributed by atoms with van der Waals surface area (Å²) in [5, 5.41) is 9.17. The summed E-state index contributed by atoms with van der Waals surface area (Å²) in [6, 6.07) is 0.353. The van der Waals surface area contributed by atoms with Crippen LogP contribution in [0.3, 0.4) is 0 Å². The highest BCUT2D eigenvalue weighted by molar-refractivity contribution is 14.0. The lowest BCUT2D eigenvalue weighted by Gasteiger charge is -2.23. The van der Waals surface area contributed by atoms with Crippen LogP contribution in [0.4, 0.5) is 0 Å². The van der Waals surface area contributed by atoms with Gasteiger partial charge in [-0.1, -0.05) is 19.3 Å². The molecule has 1 saturated carbocycles. The normalized spacial score (nSPS) is 16.0. The van der Waals surface area contributed by atoms with Gasteiger partial charge in [0.2, 0.25) is 5.91 Å². The Morgan fingerprint density at radius 1 is 1.24 bits per heavy atom. The summed E-state index contributed by atoms with van der Waals surface area (Å²) < 4.78 is 5.23. The van der Waals surface area contributed by atoms with Gasteiger partial charge in [0.1, 0.15) is 0 Å². The molecule has 21 heavy (non-hydrogen) atoms.